The summed E-state index contributed by atoms with van der Waals surface area (Å²) in [6.45, 7) is 6.15. The largest absolute Gasteiger partial charge is 0.396 e. The van der Waals surface area contributed by atoms with Gasteiger partial charge >= 0.3 is 0 Å². The number of terminal acetylenes is 1. The molecule has 0 amide bonds. The Bertz CT molecular complexity index is 162. The fourth-order valence-electron chi connectivity index (χ4n) is 1.04. The summed E-state index contributed by atoms with van der Waals surface area (Å²) in [7, 11) is 0. The van der Waals surface area contributed by atoms with E-state index in [2.05, 4.69) is 5.92 Å². The lowest BCUT2D eigenvalue weighted by atomic mass is 9.78. The molecular formula is C10H18O2. The fraction of sp³-hybridized carbons (Fsp3) is 0.800. The van der Waals surface area contributed by atoms with Gasteiger partial charge in [0.15, 0.2) is 0 Å². The third-order valence-corrected chi connectivity index (χ3v) is 2.15. The molecule has 2 N–H and O–H groups in total. The molecule has 0 fully saturated rings. The van der Waals surface area contributed by atoms with Crippen molar-refractivity contribution >= 4 is 0 Å². The molecule has 0 aromatic carbocycles. The van der Waals surface area contributed by atoms with Gasteiger partial charge in [0.05, 0.1) is 0 Å². The van der Waals surface area contributed by atoms with Gasteiger partial charge in [-0.1, -0.05) is 26.7 Å². The van der Waals surface area contributed by atoms with Crippen molar-refractivity contribution in [2.45, 2.75) is 33.3 Å². The van der Waals surface area contributed by atoms with Crippen LogP contribution in [0.5, 0.6) is 0 Å². The topological polar surface area (TPSA) is 40.5 Å². The highest BCUT2D eigenvalue weighted by Crippen LogP contribution is 2.28. The minimum Gasteiger partial charge on any atom is -0.396 e. The Morgan fingerprint density at radius 1 is 1.42 bits per heavy atom. The molecule has 0 aliphatic heterocycles. The van der Waals surface area contributed by atoms with Crippen molar-refractivity contribution < 1.29 is 10.2 Å². The van der Waals surface area contributed by atoms with E-state index in [0.717, 1.165) is 0 Å². The van der Waals surface area contributed by atoms with Crippen molar-refractivity contribution in [3.8, 4) is 12.3 Å². The van der Waals surface area contributed by atoms with Gasteiger partial charge in [-0.3, -0.25) is 0 Å². The maximum Gasteiger partial charge on any atom is 0.114 e. The summed E-state index contributed by atoms with van der Waals surface area (Å²) in [6, 6.07) is 0. The van der Waals surface area contributed by atoms with Gasteiger partial charge in [-0.2, -0.15) is 0 Å². The minimum absolute atomic E-state index is 0.00736. The van der Waals surface area contributed by atoms with Crippen LogP contribution in [-0.2, 0) is 0 Å². The molecule has 0 aromatic rings. The predicted molar refractivity (Wildman–Crippen MR) is 49.5 cm³/mol. The van der Waals surface area contributed by atoms with Crippen molar-refractivity contribution in [2.24, 2.45) is 11.3 Å². The standard InChI is InChI=1S/C10H18O2/c1-5-9(12)6-8(7-11)10(2,3)4/h1,8-9,11-12H,6-7H2,2-4H3. The molecule has 0 radical (unpaired) electrons. The second-order valence-corrected chi connectivity index (χ2v) is 4.16. The zero-order valence-corrected chi connectivity index (χ0v) is 8.04. The van der Waals surface area contributed by atoms with Crippen LogP contribution in [0.15, 0.2) is 0 Å². The van der Waals surface area contributed by atoms with Gasteiger partial charge in [-0.05, 0) is 17.8 Å². The molecule has 0 saturated heterocycles. The molecule has 0 aliphatic rings. The van der Waals surface area contributed by atoms with Gasteiger partial charge in [0.2, 0.25) is 0 Å². The first-order valence-corrected chi connectivity index (χ1v) is 4.17. The van der Waals surface area contributed by atoms with Gasteiger partial charge in [0, 0.05) is 6.61 Å². The fourth-order valence-corrected chi connectivity index (χ4v) is 1.04. The van der Waals surface area contributed by atoms with Crippen LogP contribution in [0.4, 0.5) is 0 Å². The second-order valence-electron chi connectivity index (χ2n) is 4.16. The molecule has 0 spiro atoms. The molecule has 2 atom stereocenters. The first-order valence-electron chi connectivity index (χ1n) is 4.17. The van der Waals surface area contributed by atoms with Crippen LogP contribution >= 0.6 is 0 Å². The van der Waals surface area contributed by atoms with Gasteiger partial charge < -0.3 is 10.2 Å². The molecule has 0 aromatic heterocycles. The Morgan fingerprint density at radius 3 is 2.17 bits per heavy atom. The molecule has 2 unspecified atom stereocenters. The lowest BCUT2D eigenvalue weighted by molar-refractivity contribution is 0.0842. The lowest BCUT2D eigenvalue weighted by Crippen LogP contribution is -2.27. The maximum atomic E-state index is 9.18. The Labute approximate surface area is 74.6 Å². The van der Waals surface area contributed by atoms with E-state index in [0.29, 0.717) is 6.42 Å². The first-order chi connectivity index (χ1) is 5.41. The van der Waals surface area contributed by atoms with Gasteiger partial charge in [0.25, 0.3) is 0 Å². The van der Waals surface area contributed by atoms with E-state index in [1.165, 1.54) is 0 Å². The molecule has 2 heteroatoms. The van der Waals surface area contributed by atoms with Crippen LogP contribution in [-0.4, -0.2) is 22.9 Å². The van der Waals surface area contributed by atoms with Crippen molar-refractivity contribution in [2.75, 3.05) is 6.61 Å². The van der Waals surface area contributed by atoms with Gasteiger partial charge in [0.1, 0.15) is 6.10 Å². The number of hydrogen-bond acceptors (Lipinski definition) is 2. The van der Waals surface area contributed by atoms with Crippen molar-refractivity contribution in [3.63, 3.8) is 0 Å². The van der Waals surface area contributed by atoms with E-state index in [-0.39, 0.29) is 17.9 Å². The predicted octanol–water partition coefficient (Wildman–Crippen LogP) is 1.03. The molecule has 0 rings (SSSR count). The summed E-state index contributed by atoms with van der Waals surface area (Å²) in [5, 5.41) is 18.2. The number of aliphatic hydroxyl groups is 2. The average molecular weight is 170 g/mol. The Hall–Kier alpha value is -0.520. The van der Waals surface area contributed by atoms with Crippen LogP contribution in [0.3, 0.4) is 0 Å². The Kier molecular flexibility index (Phi) is 4.30. The molecule has 0 heterocycles. The summed E-state index contributed by atoms with van der Waals surface area (Å²) < 4.78 is 0. The highest BCUT2D eigenvalue weighted by atomic mass is 16.3. The number of rotatable bonds is 3. The SMILES string of the molecule is C#CC(O)CC(CO)C(C)(C)C. The van der Waals surface area contributed by atoms with E-state index in [1.807, 2.05) is 20.8 Å². The first kappa shape index (κ1) is 11.5. The molecule has 0 saturated carbocycles. The van der Waals surface area contributed by atoms with Crippen molar-refractivity contribution in [1.82, 2.24) is 0 Å². The smallest absolute Gasteiger partial charge is 0.114 e. The second kappa shape index (κ2) is 4.49. The van der Waals surface area contributed by atoms with Crippen molar-refractivity contribution in [3.05, 3.63) is 0 Å². The molecule has 70 valence electrons. The number of aliphatic hydroxyl groups excluding tert-OH is 2. The monoisotopic (exact) mass is 170 g/mol. The average Bonchev–Trinajstić information content (AvgIpc) is 1.97. The molecule has 0 aliphatic carbocycles. The van der Waals surface area contributed by atoms with Gasteiger partial charge in [-0.25, -0.2) is 0 Å². The highest BCUT2D eigenvalue weighted by Gasteiger charge is 2.25. The quantitative estimate of drug-likeness (QED) is 0.621. The normalized spacial score (nSPS) is 16.7. The van der Waals surface area contributed by atoms with E-state index in [9.17, 15) is 5.11 Å². The highest BCUT2D eigenvalue weighted by molar-refractivity contribution is 4.95. The van der Waals surface area contributed by atoms with Crippen LogP contribution < -0.4 is 0 Å². The van der Waals surface area contributed by atoms with Crippen LogP contribution in [0.2, 0.25) is 0 Å². The minimum atomic E-state index is -0.735. The summed E-state index contributed by atoms with van der Waals surface area (Å²) in [5.41, 5.74) is -0.00736. The summed E-state index contributed by atoms with van der Waals surface area (Å²) in [6.07, 6.45) is 4.77. The Morgan fingerprint density at radius 2 is 1.92 bits per heavy atom. The van der Waals surface area contributed by atoms with Crippen LogP contribution in [0, 0.1) is 23.7 Å². The van der Waals surface area contributed by atoms with E-state index in [1.54, 1.807) is 0 Å². The van der Waals surface area contributed by atoms with Crippen LogP contribution in [0.25, 0.3) is 0 Å². The third kappa shape index (κ3) is 3.75. The summed E-state index contributed by atoms with van der Waals surface area (Å²) >= 11 is 0. The van der Waals surface area contributed by atoms with E-state index < -0.39 is 6.10 Å². The summed E-state index contributed by atoms with van der Waals surface area (Å²) in [5.74, 6) is 2.31. The van der Waals surface area contributed by atoms with E-state index >= 15 is 0 Å². The Balaban J connectivity index is 4.11. The van der Waals surface area contributed by atoms with E-state index in [4.69, 9.17) is 11.5 Å². The van der Waals surface area contributed by atoms with Crippen molar-refractivity contribution in [1.29, 1.82) is 0 Å². The molecular weight excluding hydrogens is 152 g/mol. The zero-order valence-electron chi connectivity index (χ0n) is 8.04. The summed E-state index contributed by atoms with van der Waals surface area (Å²) in [4.78, 5) is 0. The molecule has 0 bridgehead atoms. The van der Waals surface area contributed by atoms with Gasteiger partial charge in [-0.15, -0.1) is 6.42 Å². The third-order valence-electron chi connectivity index (χ3n) is 2.15. The zero-order chi connectivity index (χ0) is 9.78. The molecule has 2 nitrogen and oxygen atoms in total. The number of hydrogen-bond donors (Lipinski definition) is 2. The molecule has 12 heavy (non-hydrogen) atoms. The lowest BCUT2D eigenvalue weighted by Gasteiger charge is -2.29. The van der Waals surface area contributed by atoms with Crippen LogP contribution in [0.1, 0.15) is 27.2 Å². The maximum absolute atomic E-state index is 9.18.